The van der Waals surface area contributed by atoms with Crippen molar-refractivity contribution in [2.24, 2.45) is 0 Å². The van der Waals surface area contributed by atoms with E-state index in [0.29, 0.717) is 13.0 Å². The van der Waals surface area contributed by atoms with Gasteiger partial charge >= 0.3 is 6.18 Å². The van der Waals surface area contributed by atoms with E-state index in [1.165, 1.54) is 6.07 Å². The first-order valence-electron chi connectivity index (χ1n) is 6.64. The number of halogens is 4. The summed E-state index contributed by atoms with van der Waals surface area (Å²) >= 11 is 5.96. The van der Waals surface area contributed by atoms with Gasteiger partial charge in [0.25, 0.3) is 0 Å². The fraction of sp³-hybridized carbons (Fsp3) is 0.571. The SMILES string of the molecule is CCOC1CC(Nc2cc(C(F)(F)F)ccc2Cl)C1OC. The van der Waals surface area contributed by atoms with E-state index in [0.717, 1.165) is 12.1 Å². The topological polar surface area (TPSA) is 30.5 Å². The van der Waals surface area contributed by atoms with Crippen LogP contribution in [-0.2, 0) is 15.7 Å². The Labute approximate surface area is 126 Å². The predicted molar refractivity (Wildman–Crippen MR) is 74.7 cm³/mol. The number of ether oxygens (including phenoxy) is 2. The molecule has 3 unspecified atom stereocenters. The molecule has 1 aromatic carbocycles. The summed E-state index contributed by atoms with van der Waals surface area (Å²) in [4.78, 5) is 0. The summed E-state index contributed by atoms with van der Waals surface area (Å²) < 4.78 is 49.0. The molecule has 0 spiro atoms. The van der Waals surface area contributed by atoms with E-state index in [4.69, 9.17) is 21.1 Å². The molecule has 0 saturated heterocycles. The molecule has 0 aromatic heterocycles. The molecule has 2 rings (SSSR count). The van der Waals surface area contributed by atoms with Crippen LogP contribution >= 0.6 is 11.6 Å². The summed E-state index contributed by atoms with van der Waals surface area (Å²) in [5, 5.41) is 3.26. The Balaban J connectivity index is 2.10. The smallest absolute Gasteiger partial charge is 0.378 e. The third-order valence-electron chi connectivity index (χ3n) is 3.54. The van der Waals surface area contributed by atoms with Crippen molar-refractivity contribution in [1.29, 1.82) is 0 Å². The lowest BCUT2D eigenvalue weighted by atomic mass is 9.85. The van der Waals surface area contributed by atoms with Gasteiger partial charge in [-0.05, 0) is 31.5 Å². The lowest BCUT2D eigenvalue weighted by Gasteiger charge is -2.43. The Morgan fingerprint density at radius 2 is 2.10 bits per heavy atom. The van der Waals surface area contributed by atoms with Gasteiger partial charge in [0.2, 0.25) is 0 Å². The number of hydrogen-bond acceptors (Lipinski definition) is 3. The molecular weight excluding hydrogens is 307 g/mol. The first-order valence-corrected chi connectivity index (χ1v) is 7.02. The van der Waals surface area contributed by atoms with E-state index in [1.54, 1.807) is 7.11 Å². The van der Waals surface area contributed by atoms with Crippen molar-refractivity contribution in [2.75, 3.05) is 19.0 Å². The van der Waals surface area contributed by atoms with Crippen LogP contribution in [0.4, 0.5) is 18.9 Å². The van der Waals surface area contributed by atoms with Crippen molar-refractivity contribution in [3.63, 3.8) is 0 Å². The normalized spacial score (nSPS) is 25.5. The van der Waals surface area contributed by atoms with Crippen LogP contribution in [0, 0.1) is 0 Å². The molecule has 0 aliphatic heterocycles. The van der Waals surface area contributed by atoms with Gasteiger partial charge in [0.1, 0.15) is 6.10 Å². The van der Waals surface area contributed by atoms with Crippen molar-refractivity contribution in [3.8, 4) is 0 Å². The zero-order valence-corrected chi connectivity index (χ0v) is 12.5. The van der Waals surface area contributed by atoms with Crippen LogP contribution in [0.25, 0.3) is 0 Å². The van der Waals surface area contributed by atoms with E-state index in [9.17, 15) is 13.2 Å². The van der Waals surface area contributed by atoms with Gasteiger partial charge in [-0.2, -0.15) is 13.2 Å². The second kappa shape index (κ2) is 6.42. The largest absolute Gasteiger partial charge is 0.416 e. The summed E-state index contributed by atoms with van der Waals surface area (Å²) in [6, 6.07) is 3.11. The Kier molecular flexibility index (Phi) is 5.01. The molecule has 1 aliphatic rings. The summed E-state index contributed by atoms with van der Waals surface area (Å²) in [6.45, 7) is 2.46. The first-order chi connectivity index (χ1) is 9.86. The average molecular weight is 324 g/mol. The van der Waals surface area contributed by atoms with Crippen LogP contribution in [0.5, 0.6) is 0 Å². The van der Waals surface area contributed by atoms with Crippen molar-refractivity contribution in [3.05, 3.63) is 28.8 Å². The van der Waals surface area contributed by atoms with Gasteiger partial charge in [-0.15, -0.1) is 0 Å². The van der Waals surface area contributed by atoms with Crippen LogP contribution in [0.2, 0.25) is 5.02 Å². The van der Waals surface area contributed by atoms with Gasteiger partial charge in [0, 0.05) is 13.7 Å². The van der Waals surface area contributed by atoms with E-state index in [2.05, 4.69) is 5.32 Å². The Morgan fingerprint density at radius 1 is 1.38 bits per heavy atom. The lowest BCUT2D eigenvalue weighted by molar-refractivity contribution is -0.137. The molecule has 0 amide bonds. The summed E-state index contributed by atoms with van der Waals surface area (Å²) in [6.07, 6.45) is -3.97. The molecule has 118 valence electrons. The number of methoxy groups -OCH3 is 1. The van der Waals surface area contributed by atoms with Crippen molar-refractivity contribution in [2.45, 2.75) is 37.8 Å². The number of benzene rings is 1. The van der Waals surface area contributed by atoms with Crippen molar-refractivity contribution < 1.29 is 22.6 Å². The highest BCUT2D eigenvalue weighted by Crippen LogP contribution is 2.36. The zero-order valence-electron chi connectivity index (χ0n) is 11.7. The molecule has 1 fully saturated rings. The molecule has 3 nitrogen and oxygen atoms in total. The Bertz CT molecular complexity index is 496. The third kappa shape index (κ3) is 3.62. The quantitative estimate of drug-likeness (QED) is 0.889. The molecule has 3 atom stereocenters. The molecule has 1 saturated carbocycles. The van der Waals surface area contributed by atoms with Crippen molar-refractivity contribution >= 4 is 17.3 Å². The minimum absolute atomic E-state index is 0.0397. The molecule has 0 radical (unpaired) electrons. The second-order valence-corrected chi connectivity index (χ2v) is 5.28. The minimum atomic E-state index is -4.39. The van der Waals surface area contributed by atoms with Gasteiger partial charge in [-0.1, -0.05) is 11.6 Å². The maximum absolute atomic E-state index is 12.7. The predicted octanol–water partition coefficient (Wildman–Crippen LogP) is 3.96. The third-order valence-corrected chi connectivity index (χ3v) is 3.87. The molecular formula is C14H17ClF3NO2. The van der Waals surface area contributed by atoms with Gasteiger partial charge < -0.3 is 14.8 Å². The summed E-state index contributed by atoms with van der Waals surface area (Å²) in [5.74, 6) is 0. The summed E-state index contributed by atoms with van der Waals surface area (Å²) in [7, 11) is 1.55. The van der Waals surface area contributed by atoms with E-state index in [1.807, 2.05) is 6.92 Å². The van der Waals surface area contributed by atoms with Crippen LogP contribution in [-0.4, -0.2) is 32.0 Å². The van der Waals surface area contributed by atoms with Gasteiger partial charge in [0.15, 0.2) is 0 Å². The van der Waals surface area contributed by atoms with E-state index >= 15 is 0 Å². The fourth-order valence-corrected chi connectivity index (χ4v) is 2.60. The summed E-state index contributed by atoms with van der Waals surface area (Å²) in [5.41, 5.74) is -0.475. The average Bonchev–Trinajstić information content (AvgIpc) is 2.38. The molecule has 7 heteroatoms. The maximum Gasteiger partial charge on any atom is 0.416 e. The molecule has 1 aromatic rings. The number of rotatable bonds is 5. The van der Waals surface area contributed by atoms with Gasteiger partial charge in [-0.3, -0.25) is 0 Å². The number of anilines is 1. The van der Waals surface area contributed by atoms with Gasteiger partial charge in [0.05, 0.1) is 28.4 Å². The number of nitrogens with one attached hydrogen (secondary N) is 1. The molecule has 0 heterocycles. The highest BCUT2D eigenvalue weighted by molar-refractivity contribution is 6.33. The molecule has 1 N–H and O–H groups in total. The van der Waals surface area contributed by atoms with Gasteiger partial charge in [-0.25, -0.2) is 0 Å². The number of alkyl halides is 3. The zero-order chi connectivity index (χ0) is 15.6. The Morgan fingerprint density at radius 3 is 2.67 bits per heavy atom. The minimum Gasteiger partial charge on any atom is -0.378 e. The van der Waals surface area contributed by atoms with Crippen molar-refractivity contribution in [1.82, 2.24) is 0 Å². The van der Waals surface area contributed by atoms with Crippen LogP contribution in [0.1, 0.15) is 18.9 Å². The Hall–Kier alpha value is -0.980. The first kappa shape index (κ1) is 16.4. The van der Waals surface area contributed by atoms with Crippen LogP contribution in [0.15, 0.2) is 18.2 Å². The monoisotopic (exact) mass is 323 g/mol. The standard InChI is InChI=1S/C14H17ClF3NO2/c1-3-21-12-7-11(13(12)20-2)19-10-6-8(14(16,17)18)4-5-9(10)15/h4-6,11-13,19H,3,7H2,1-2H3. The fourth-order valence-electron chi connectivity index (χ4n) is 2.43. The van der Waals surface area contributed by atoms with E-state index in [-0.39, 0.29) is 29.0 Å². The molecule has 0 bridgehead atoms. The second-order valence-electron chi connectivity index (χ2n) is 4.87. The highest BCUT2D eigenvalue weighted by atomic mass is 35.5. The maximum atomic E-state index is 12.7. The lowest BCUT2D eigenvalue weighted by Crippen LogP contribution is -2.56. The van der Waals surface area contributed by atoms with E-state index < -0.39 is 11.7 Å². The molecule has 1 aliphatic carbocycles. The highest BCUT2D eigenvalue weighted by Gasteiger charge is 2.42. The van der Waals surface area contributed by atoms with Crippen LogP contribution < -0.4 is 5.32 Å². The molecule has 21 heavy (non-hydrogen) atoms. The van der Waals surface area contributed by atoms with Crippen LogP contribution in [0.3, 0.4) is 0 Å². The number of hydrogen-bond donors (Lipinski definition) is 1.